The minimum Gasteiger partial charge on any atom is -0.465 e. The van der Waals surface area contributed by atoms with Gasteiger partial charge in [0.15, 0.2) is 5.75 Å². The molecular formula is C10H10N2O3. The van der Waals surface area contributed by atoms with Gasteiger partial charge in [-0.05, 0) is 17.7 Å². The lowest BCUT2D eigenvalue weighted by molar-refractivity contribution is 0.194. The highest BCUT2D eigenvalue weighted by atomic mass is 16.6. The van der Waals surface area contributed by atoms with Crippen LogP contribution in [0.15, 0.2) is 23.4 Å². The quantitative estimate of drug-likeness (QED) is 0.767. The first-order valence-electron chi connectivity index (χ1n) is 4.53. The molecule has 2 rings (SSSR count). The van der Waals surface area contributed by atoms with Crippen LogP contribution in [-0.2, 0) is 13.0 Å². The van der Waals surface area contributed by atoms with E-state index in [4.69, 9.17) is 9.94 Å². The molecule has 0 bridgehead atoms. The second-order valence-corrected chi connectivity index (χ2v) is 3.18. The molecule has 1 aromatic rings. The summed E-state index contributed by atoms with van der Waals surface area (Å²) in [5.74, 6) is 0.733. The second kappa shape index (κ2) is 4.00. The van der Waals surface area contributed by atoms with Gasteiger partial charge in [-0.25, -0.2) is 4.79 Å². The zero-order valence-electron chi connectivity index (χ0n) is 7.93. The van der Waals surface area contributed by atoms with Gasteiger partial charge in [-0.15, -0.1) is 0 Å². The van der Waals surface area contributed by atoms with Crippen LogP contribution in [0.2, 0.25) is 0 Å². The van der Waals surface area contributed by atoms with E-state index in [-0.39, 0.29) is 0 Å². The van der Waals surface area contributed by atoms with Crippen LogP contribution < -0.4 is 10.2 Å². The van der Waals surface area contributed by atoms with Crippen molar-refractivity contribution in [3.8, 4) is 5.75 Å². The van der Waals surface area contributed by atoms with Gasteiger partial charge < -0.3 is 15.3 Å². The van der Waals surface area contributed by atoms with Crippen LogP contribution in [0.5, 0.6) is 5.75 Å². The summed E-state index contributed by atoms with van der Waals surface area (Å²) in [7, 11) is 0. The first-order valence-corrected chi connectivity index (χ1v) is 4.53. The van der Waals surface area contributed by atoms with Crippen LogP contribution in [0.4, 0.5) is 4.79 Å². The third-order valence-electron chi connectivity index (χ3n) is 2.11. The Morgan fingerprint density at radius 2 is 2.47 bits per heavy atom. The third kappa shape index (κ3) is 2.25. The zero-order chi connectivity index (χ0) is 10.7. The molecule has 15 heavy (non-hydrogen) atoms. The van der Waals surface area contributed by atoms with E-state index in [1.54, 1.807) is 12.3 Å². The van der Waals surface area contributed by atoms with Gasteiger partial charge in [-0.1, -0.05) is 11.2 Å². The first kappa shape index (κ1) is 9.51. The van der Waals surface area contributed by atoms with Crippen molar-refractivity contribution in [1.82, 2.24) is 5.32 Å². The summed E-state index contributed by atoms with van der Waals surface area (Å²) in [6, 6.07) is 5.52. The van der Waals surface area contributed by atoms with E-state index in [0.29, 0.717) is 6.54 Å². The monoisotopic (exact) mass is 206 g/mol. The number of hydrogen-bond acceptors (Lipinski definition) is 3. The van der Waals surface area contributed by atoms with Gasteiger partial charge in [0, 0.05) is 24.7 Å². The molecule has 5 nitrogen and oxygen atoms in total. The van der Waals surface area contributed by atoms with Gasteiger partial charge in [0.05, 0.1) is 0 Å². The van der Waals surface area contributed by atoms with Crippen molar-refractivity contribution < 1.29 is 14.7 Å². The molecule has 1 aliphatic rings. The Morgan fingerprint density at radius 3 is 3.27 bits per heavy atom. The zero-order valence-corrected chi connectivity index (χ0v) is 7.93. The number of nitrogens with one attached hydrogen (secondary N) is 1. The van der Waals surface area contributed by atoms with Crippen molar-refractivity contribution >= 4 is 12.3 Å². The Labute approximate surface area is 86.4 Å². The Hall–Kier alpha value is -2.04. The number of rotatable bonds is 2. The molecule has 0 aliphatic carbocycles. The van der Waals surface area contributed by atoms with E-state index >= 15 is 0 Å². The summed E-state index contributed by atoms with van der Waals surface area (Å²) >= 11 is 0. The molecule has 0 radical (unpaired) electrons. The highest BCUT2D eigenvalue weighted by molar-refractivity contribution is 5.66. The highest BCUT2D eigenvalue weighted by Crippen LogP contribution is 2.22. The fourth-order valence-corrected chi connectivity index (χ4v) is 1.40. The van der Waals surface area contributed by atoms with Crippen LogP contribution in [-0.4, -0.2) is 17.4 Å². The second-order valence-electron chi connectivity index (χ2n) is 3.18. The van der Waals surface area contributed by atoms with Crippen molar-refractivity contribution in [2.24, 2.45) is 5.16 Å². The number of nitrogens with zero attached hydrogens (tertiary/aromatic N) is 1. The lowest BCUT2D eigenvalue weighted by Gasteiger charge is -2.11. The lowest BCUT2D eigenvalue weighted by Crippen LogP contribution is -2.20. The molecule has 1 heterocycles. The number of carbonyl (C=O) groups is 1. The predicted octanol–water partition coefficient (Wildman–Crippen LogP) is 1.37. The van der Waals surface area contributed by atoms with Crippen LogP contribution in [0.1, 0.15) is 11.1 Å². The summed E-state index contributed by atoms with van der Waals surface area (Å²) in [6.07, 6.45) is 1.37. The molecule has 0 saturated heterocycles. The van der Waals surface area contributed by atoms with Crippen molar-refractivity contribution in [3.63, 3.8) is 0 Å². The minimum atomic E-state index is -1.02. The van der Waals surface area contributed by atoms with Gasteiger partial charge in [0.1, 0.15) is 0 Å². The average molecular weight is 206 g/mol. The fraction of sp³-hybridized carbons (Fsp3) is 0.200. The molecule has 1 aliphatic heterocycles. The van der Waals surface area contributed by atoms with Crippen molar-refractivity contribution in [1.29, 1.82) is 0 Å². The van der Waals surface area contributed by atoms with Gasteiger partial charge in [0.25, 0.3) is 0 Å². The molecule has 0 saturated carbocycles. The smallest absolute Gasteiger partial charge is 0.404 e. The number of hydrogen-bond donors (Lipinski definition) is 2. The Morgan fingerprint density at radius 1 is 1.60 bits per heavy atom. The maximum atomic E-state index is 10.3. The Bertz CT molecular complexity index is 415. The average Bonchev–Trinajstić information content (AvgIpc) is 2.26. The van der Waals surface area contributed by atoms with Gasteiger partial charge in [-0.2, -0.15) is 0 Å². The molecule has 1 amide bonds. The maximum absolute atomic E-state index is 10.3. The topological polar surface area (TPSA) is 70.9 Å². The highest BCUT2D eigenvalue weighted by Gasteiger charge is 2.08. The van der Waals surface area contributed by atoms with E-state index in [9.17, 15) is 4.79 Å². The first-order chi connectivity index (χ1) is 7.25. The number of oxime groups is 1. The van der Waals surface area contributed by atoms with E-state index in [1.165, 1.54) is 0 Å². The van der Waals surface area contributed by atoms with E-state index in [0.717, 1.165) is 23.3 Å². The molecule has 0 spiro atoms. The normalized spacial score (nSPS) is 12.8. The van der Waals surface area contributed by atoms with E-state index in [1.807, 2.05) is 12.1 Å². The molecule has 5 heteroatoms. The molecule has 78 valence electrons. The molecule has 1 aromatic carbocycles. The van der Waals surface area contributed by atoms with Crippen molar-refractivity contribution in [2.75, 3.05) is 0 Å². The standard InChI is InChI=1S/C10H10N2O3/c13-10(14)11-6-7-1-2-9-8(5-7)3-4-12-15-9/h1-2,4-5,11H,3,6H2,(H,13,14). The van der Waals surface area contributed by atoms with Crippen LogP contribution in [0.3, 0.4) is 0 Å². The minimum absolute atomic E-state index is 0.305. The fourth-order valence-electron chi connectivity index (χ4n) is 1.40. The number of benzene rings is 1. The summed E-state index contributed by atoms with van der Waals surface area (Å²) in [6.45, 7) is 0.305. The molecule has 2 N–H and O–H groups in total. The Balaban J connectivity index is 2.12. The van der Waals surface area contributed by atoms with Crippen LogP contribution >= 0.6 is 0 Å². The summed E-state index contributed by atoms with van der Waals surface area (Å²) in [5.41, 5.74) is 1.93. The summed E-state index contributed by atoms with van der Waals surface area (Å²) in [5, 5.41) is 14.5. The molecule has 0 fully saturated rings. The van der Waals surface area contributed by atoms with Crippen LogP contribution in [0, 0.1) is 0 Å². The summed E-state index contributed by atoms with van der Waals surface area (Å²) < 4.78 is 0. The van der Waals surface area contributed by atoms with Gasteiger partial charge in [-0.3, -0.25) is 0 Å². The molecule has 0 aromatic heterocycles. The van der Waals surface area contributed by atoms with Crippen molar-refractivity contribution in [3.05, 3.63) is 29.3 Å². The van der Waals surface area contributed by atoms with E-state index in [2.05, 4.69) is 10.5 Å². The Kier molecular flexibility index (Phi) is 2.53. The third-order valence-corrected chi connectivity index (χ3v) is 2.11. The predicted molar refractivity (Wildman–Crippen MR) is 54.1 cm³/mol. The van der Waals surface area contributed by atoms with E-state index < -0.39 is 6.09 Å². The van der Waals surface area contributed by atoms with Gasteiger partial charge >= 0.3 is 6.09 Å². The molecular weight excluding hydrogens is 196 g/mol. The maximum Gasteiger partial charge on any atom is 0.404 e. The molecule has 0 atom stereocenters. The SMILES string of the molecule is O=C(O)NCc1ccc2c(c1)CC=NO2. The number of fused-ring (bicyclic) bond motifs is 1. The number of amides is 1. The molecule has 0 unspecified atom stereocenters. The summed E-state index contributed by atoms with van der Waals surface area (Å²) in [4.78, 5) is 15.3. The number of carboxylic acid groups (broad SMARTS) is 1. The largest absolute Gasteiger partial charge is 0.465 e. The van der Waals surface area contributed by atoms with Crippen molar-refractivity contribution in [2.45, 2.75) is 13.0 Å². The van der Waals surface area contributed by atoms with Crippen LogP contribution in [0.25, 0.3) is 0 Å². The van der Waals surface area contributed by atoms with Gasteiger partial charge in [0.2, 0.25) is 0 Å². The lowest BCUT2D eigenvalue weighted by atomic mass is 10.1.